The molecule has 2 aromatic heterocycles. The zero-order valence-electron chi connectivity index (χ0n) is 15.6. The molecule has 0 aliphatic rings. The number of hydrogen-bond donors (Lipinski definition) is 2. The number of fused-ring (bicyclic) bond motifs is 1. The number of amides is 1. The summed E-state index contributed by atoms with van der Waals surface area (Å²) in [4.78, 5) is 40.4. The van der Waals surface area contributed by atoms with E-state index < -0.39 is 11.5 Å². The third-order valence-electron chi connectivity index (χ3n) is 4.72. The Bertz CT molecular complexity index is 1280. The van der Waals surface area contributed by atoms with Crippen LogP contribution < -0.4 is 16.4 Å². The number of pyridine rings is 2. The summed E-state index contributed by atoms with van der Waals surface area (Å²) in [5, 5.41) is 3.03. The van der Waals surface area contributed by atoms with Gasteiger partial charge in [0.2, 0.25) is 0 Å². The highest BCUT2D eigenvalue weighted by atomic mass is 16.2. The van der Waals surface area contributed by atoms with Gasteiger partial charge in [-0.2, -0.15) is 0 Å². The largest absolute Gasteiger partial charge is 0.348 e. The average Bonchev–Trinajstić information content (AvgIpc) is 2.75. The standard InChI is InChI=1S/C23H19N3O3/c27-21(24-14-16-7-3-1-4-8-16)19-13-18-20(25-22(19)28)11-12-26(23(18)29)15-17-9-5-2-6-10-17/h1-13H,14-15H2,(H,24,27)(H,25,28). The van der Waals surface area contributed by atoms with Crippen LogP contribution in [-0.4, -0.2) is 15.5 Å². The summed E-state index contributed by atoms with van der Waals surface area (Å²) in [6, 6.07) is 22.1. The Morgan fingerprint density at radius 3 is 2.24 bits per heavy atom. The van der Waals surface area contributed by atoms with Crippen molar-refractivity contribution in [2.45, 2.75) is 13.1 Å². The molecule has 0 aliphatic heterocycles. The molecule has 144 valence electrons. The fraction of sp³-hybridized carbons (Fsp3) is 0.0870. The van der Waals surface area contributed by atoms with Gasteiger partial charge in [-0.1, -0.05) is 60.7 Å². The molecule has 29 heavy (non-hydrogen) atoms. The van der Waals surface area contributed by atoms with E-state index in [1.54, 1.807) is 16.8 Å². The maximum atomic E-state index is 12.9. The van der Waals surface area contributed by atoms with Crippen LogP contribution in [0.5, 0.6) is 0 Å². The van der Waals surface area contributed by atoms with Crippen molar-refractivity contribution in [3.63, 3.8) is 0 Å². The van der Waals surface area contributed by atoms with E-state index in [1.807, 2.05) is 60.7 Å². The topological polar surface area (TPSA) is 84.0 Å². The van der Waals surface area contributed by atoms with Crippen molar-refractivity contribution in [3.8, 4) is 0 Å². The molecule has 2 N–H and O–H groups in total. The lowest BCUT2D eigenvalue weighted by Crippen LogP contribution is -2.30. The smallest absolute Gasteiger partial charge is 0.261 e. The Morgan fingerprint density at radius 1 is 0.897 bits per heavy atom. The summed E-state index contributed by atoms with van der Waals surface area (Å²) in [6.45, 7) is 0.703. The van der Waals surface area contributed by atoms with Crippen molar-refractivity contribution in [1.82, 2.24) is 14.9 Å². The van der Waals surface area contributed by atoms with Crippen LogP contribution in [0.25, 0.3) is 10.9 Å². The van der Waals surface area contributed by atoms with Gasteiger partial charge in [0, 0.05) is 12.7 Å². The summed E-state index contributed by atoms with van der Waals surface area (Å²) >= 11 is 0. The number of carbonyl (C=O) groups excluding carboxylic acids is 1. The normalized spacial score (nSPS) is 10.8. The second-order valence-electron chi connectivity index (χ2n) is 6.74. The highest BCUT2D eigenvalue weighted by molar-refractivity contribution is 5.96. The lowest BCUT2D eigenvalue weighted by atomic mass is 10.1. The average molecular weight is 385 g/mol. The lowest BCUT2D eigenvalue weighted by molar-refractivity contribution is 0.0949. The van der Waals surface area contributed by atoms with Crippen LogP contribution in [-0.2, 0) is 13.1 Å². The van der Waals surface area contributed by atoms with E-state index in [-0.39, 0.29) is 11.1 Å². The number of carbonyl (C=O) groups is 1. The van der Waals surface area contributed by atoms with Crippen molar-refractivity contribution < 1.29 is 4.79 Å². The van der Waals surface area contributed by atoms with Gasteiger partial charge in [0.15, 0.2) is 0 Å². The number of H-pyrrole nitrogens is 1. The van der Waals surface area contributed by atoms with Gasteiger partial charge in [-0.05, 0) is 23.3 Å². The Labute approximate surface area is 166 Å². The van der Waals surface area contributed by atoms with Gasteiger partial charge in [-0.15, -0.1) is 0 Å². The Kier molecular flexibility index (Phi) is 5.07. The Balaban J connectivity index is 1.65. The van der Waals surface area contributed by atoms with Gasteiger partial charge >= 0.3 is 0 Å². The molecule has 0 saturated carbocycles. The summed E-state index contributed by atoms with van der Waals surface area (Å²) < 4.78 is 1.56. The van der Waals surface area contributed by atoms with Crippen LogP contribution in [0.4, 0.5) is 0 Å². The second kappa shape index (κ2) is 7.98. The van der Waals surface area contributed by atoms with E-state index in [2.05, 4.69) is 10.3 Å². The maximum Gasteiger partial charge on any atom is 0.261 e. The van der Waals surface area contributed by atoms with E-state index in [1.165, 1.54) is 6.07 Å². The van der Waals surface area contributed by atoms with Gasteiger partial charge in [-0.25, -0.2) is 0 Å². The zero-order chi connectivity index (χ0) is 20.2. The van der Waals surface area contributed by atoms with Gasteiger partial charge in [0.25, 0.3) is 17.0 Å². The molecule has 4 aromatic rings. The predicted molar refractivity (Wildman–Crippen MR) is 112 cm³/mol. The molecule has 0 aliphatic carbocycles. The number of nitrogens with one attached hydrogen (secondary N) is 2. The molecule has 0 fully saturated rings. The number of nitrogens with zero attached hydrogens (tertiary/aromatic N) is 1. The minimum Gasteiger partial charge on any atom is -0.348 e. The second-order valence-corrected chi connectivity index (χ2v) is 6.74. The first kappa shape index (κ1) is 18.4. The molecule has 0 spiro atoms. The lowest BCUT2D eigenvalue weighted by Gasteiger charge is -2.09. The SMILES string of the molecule is O=C(NCc1ccccc1)c1cc2c(=O)n(Cc3ccccc3)ccc2[nH]c1=O. The number of aromatic nitrogens is 2. The number of aromatic amines is 1. The molecular weight excluding hydrogens is 366 g/mol. The number of rotatable bonds is 5. The molecule has 0 atom stereocenters. The Hall–Kier alpha value is -3.93. The quantitative estimate of drug-likeness (QED) is 0.554. The number of hydrogen-bond acceptors (Lipinski definition) is 3. The minimum atomic E-state index is -0.525. The van der Waals surface area contributed by atoms with Gasteiger partial charge in [0.1, 0.15) is 5.56 Å². The molecule has 2 heterocycles. The first-order chi connectivity index (χ1) is 14.1. The van der Waals surface area contributed by atoms with Crippen LogP contribution in [0, 0.1) is 0 Å². The van der Waals surface area contributed by atoms with Crippen molar-refractivity contribution in [3.05, 3.63) is 116 Å². The van der Waals surface area contributed by atoms with Gasteiger partial charge in [-0.3, -0.25) is 14.4 Å². The minimum absolute atomic E-state index is 0.0806. The van der Waals surface area contributed by atoms with E-state index in [0.717, 1.165) is 11.1 Å². The third kappa shape index (κ3) is 4.01. The van der Waals surface area contributed by atoms with Crippen LogP contribution in [0.2, 0.25) is 0 Å². The molecule has 4 rings (SSSR count). The fourth-order valence-electron chi connectivity index (χ4n) is 3.19. The summed E-state index contributed by atoms with van der Waals surface area (Å²) in [5.41, 5.74) is 1.44. The fourth-order valence-corrected chi connectivity index (χ4v) is 3.19. The van der Waals surface area contributed by atoms with Gasteiger partial charge in [0.05, 0.1) is 17.4 Å². The molecule has 1 amide bonds. The van der Waals surface area contributed by atoms with E-state index >= 15 is 0 Å². The molecule has 2 aromatic carbocycles. The predicted octanol–water partition coefficient (Wildman–Crippen LogP) is 2.67. The van der Waals surface area contributed by atoms with Crippen LogP contribution >= 0.6 is 0 Å². The summed E-state index contributed by atoms with van der Waals surface area (Å²) in [7, 11) is 0. The van der Waals surface area contributed by atoms with Gasteiger partial charge < -0.3 is 14.9 Å². The molecule has 6 heteroatoms. The first-order valence-corrected chi connectivity index (χ1v) is 9.24. The zero-order valence-corrected chi connectivity index (χ0v) is 15.6. The molecular formula is C23H19N3O3. The Morgan fingerprint density at radius 2 is 1.55 bits per heavy atom. The number of benzene rings is 2. The van der Waals surface area contributed by atoms with Crippen LogP contribution in [0.1, 0.15) is 21.5 Å². The van der Waals surface area contributed by atoms with Crippen LogP contribution in [0.3, 0.4) is 0 Å². The van der Waals surface area contributed by atoms with Crippen molar-refractivity contribution in [2.75, 3.05) is 0 Å². The highest BCUT2D eigenvalue weighted by Gasteiger charge is 2.14. The van der Waals surface area contributed by atoms with Crippen molar-refractivity contribution >= 4 is 16.8 Å². The molecule has 0 saturated heterocycles. The summed E-state index contributed by atoms with van der Waals surface area (Å²) in [6.07, 6.45) is 1.64. The molecule has 0 unspecified atom stereocenters. The van der Waals surface area contributed by atoms with E-state index in [4.69, 9.17) is 0 Å². The molecule has 0 radical (unpaired) electrons. The first-order valence-electron chi connectivity index (χ1n) is 9.24. The highest BCUT2D eigenvalue weighted by Crippen LogP contribution is 2.08. The van der Waals surface area contributed by atoms with Crippen LogP contribution in [0.15, 0.2) is 88.6 Å². The van der Waals surface area contributed by atoms with Crippen molar-refractivity contribution in [1.29, 1.82) is 0 Å². The molecule has 6 nitrogen and oxygen atoms in total. The maximum absolute atomic E-state index is 12.9. The monoisotopic (exact) mass is 385 g/mol. The van der Waals surface area contributed by atoms with E-state index in [9.17, 15) is 14.4 Å². The summed E-state index contributed by atoms with van der Waals surface area (Å²) in [5.74, 6) is -0.519. The van der Waals surface area contributed by atoms with Crippen molar-refractivity contribution in [2.24, 2.45) is 0 Å². The molecule has 0 bridgehead atoms. The van der Waals surface area contributed by atoms with E-state index in [0.29, 0.717) is 24.0 Å². The third-order valence-corrected chi connectivity index (χ3v) is 4.72.